The largest absolute Gasteiger partial charge is 0.335 e. The van der Waals surface area contributed by atoms with Crippen LogP contribution in [0.15, 0.2) is 18.2 Å². The number of rotatable bonds is 3. The summed E-state index contributed by atoms with van der Waals surface area (Å²) in [6.07, 6.45) is 1.94. The third-order valence-electron chi connectivity index (χ3n) is 3.99. The first-order chi connectivity index (χ1) is 9.78. The van der Waals surface area contributed by atoms with Gasteiger partial charge in [-0.2, -0.15) is 0 Å². The van der Waals surface area contributed by atoms with Gasteiger partial charge in [-0.3, -0.25) is 9.59 Å². The normalized spacial score (nSPS) is 18.5. The van der Waals surface area contributed by atoms with Gasteiger partial charge in [0.15, 0.2) is 5.78 Å². The molecule has 0 spiro atoms. The molecule has 1 fully saturated rings. The monoisotopic (exact) mass is 295 g/mol. The van der Waals surface area contributed by atoms with Crippen LogP contribution in [0.5, 0.6) is 0 Å². The van der Waals surface area contributed by atoms with Gasteiger partial charge in [-0.05, 0) is 36.5 Å². The molecule has 1 aliphatic rings. The van der Waals surface area contributed by atoms with Gasteiger partial charge >= 0.3 is 0 Å². The Bertz CT molecular complexity index is 569. The fraction of sp³-hybridized carbons (Fsp3) is 0.500. The number of Topliss-reactive ketones (excluding diaryl/α,β-unsaturated/α-hetero) is 1. The van der Waals surface area contributed by atoms with Crippen molar-refractivity contribution in [3.63, 3.8) is 0 Å². The Morgan fingerprint density at radius 2 is 2.00 bits per heavy atom. The highest BCUT2D eigenvalue weighted by Gasteiger charge is 2.29. The number of halogens is 2. The molecule has 0 aliphatic carbocycles. The fourth-order valence-electron chi connectivity index (χ4n) is 2.43. The van der Waals surface area contributed by atoms with Gasteiger partial charge in [0.2, 0.25) is 5.91 Å². The Morgan fingerprint density at radius 1 is 1.29 bits per heavy atom. The zero-order chi connectivity index (χ0) is 15.6. The lowest BCUT2D eigenvalue weighted by Crippen LogP contribution is -2.35. The molecule has 0 radical (unpaired) electrons. The van der Waals surface area contributed by atoms with Crippen molar-refractivity contribution in [1.82, 2.24) is 4.90 Å². The van der Waals surface area contributed by atoms with E-state index in [-0.39, 0.29) is 23.4 Å². The number of carbonyl (C=O) groups is 2. The molecule has 3 nitrogen and oxygen atoms in total. The second-order valence-corrected chi connectivity index (χ2v) is 6.28. The summed E-state index contributed by atoms with van der Waals surface area (Å²) in [7, 11) is 0. The zero-order valence-corrected chi connectivity index (χ0v) is 12.3. The first kappa shape index (κ1) is 15.6. The summed E-state index contributed by atoms with van der Waals surface area (Å²) in [6.45, 7) is 4.43. The molecule has 5 heteroatoms. The van der Waals surface area contributed by atoms with Crippen molar-refractivity contribution in [2.45, 2.75) is 33.1 Å². The maximum absolute atomic E-state index is 13.6. The molecule has 1 saturated heterocycles. The van der Waals surface area contributed by atoms with E-state index < -0.39 is 17.4 Å². The standard InChI is InChI=1S/C16H19F2NO2/c1-16(2)6-5-15(21)19(8-7-16)10-14(20)12-9-11(17)3-4-13(12)18/h3-4,9H,5-8,10H2,1-2H3. The zero-order valence-electron chi connectivity index (χ0n) is 12.3. The van der Waals surface area contributed by atoms with E-state index in [1.54, 1.807) is 0 Å². The minimum Gasteiger partial charge on any atom is -0.335 e. The van der Waals surface area contributed by atoms with Crippen LogP contribution in [0.4, 0.5) is 8.78 Å². The molecular formula is C16H19F2NO2. The topological polar surface area (TPSA) is 37.4 Å². The Labute approximate surface area is 122 Å². The van der Waals surface area contributed by atoms with Crippen LogP contribution in [-0.2, 0) is 4.79 Å². The second-order valence-electron chi connectivity index (χ2n) is 6.28. The Morgan fingerprint density at radius 3 is 2.71 bits per heavy atom. The van der Waals surface area contributed by atoms with Crippen molar-refractivity contribution < 1.29 is 18.4 Å². The molecule has 0 saturated carbocycles. The lowest BCUT2D eigenvalue weighted by Gasteiger charge is -2.23. The van der Waals surface area contributed by atoms with E-state index in [0.717, 1.165) is 31.0 Å². The Hall–Kier alpha value is -1.78. The molecule has 0 aromatic heterocycles. The minimum atomic E-state index is -0.760. The van der Waals surface area contributed by atoms with E-state index in [9.17, 15) is 18.4 Å². The van der Waals surface area contributed by atoms with E-state index in [0.29, 0.717) is 13.0 Å². The van der Waals surface area contributed by atoms with Gasteiger partial charge in [0, 0.05) is 13.0 Å². The number of hydrogen-bond acceptors (Lipinski definition) is 2. The first-order valence-electron chi connectivity index (χ1n) is 7.04. The summed E-state index contributed by atoms with van der Waals surface area (Å²) in [6, 6.07) is 2.77. The molecule has 114 valence electrons. The summed E-state index contributed by atoms with van der Waals surface area (Å²) >= 11 is 0. The molecule has 0 N–H and O–H groups in total. The first-order valence-corrected chi connectivity index (χ1v) is 7.04. The molecule has 1 aliphatic heterocycles. The third kappa shape index (κ3) is 3.86. The lowest BCUT2D eigenvalue weighted by atomic mass is 9.85. The maximum Gasteiger partial charge on any atom is 0.222 e. The maximum atomic E-state index is 13.6. The minimum absolute atomic E-state index is 0.0531. The van der Waals surface area contributed by atoms with Crippen LogP contribution in [0, 0.1) is 17.0 Å². The van der Waals surface area contributed by atoms with Gasteiger partial charge in [0.05, 0.1) is 12.1 Å². The van der Waals surface area contributed by atoms with Gasteiger partial charge in [0.1, 0.15) is 11.6 Å². The lowest BCUT2D eigenvalue weighted by molar-refractivity contribution is -0.130. The van der Waals surface area contributed by atoms with Crippen LogP contribution in [0.3, 0.4) is 0 Å². The van der Waals surface area contributed by atoms with Crippen LogP contribution in [0.25, 0.3) is 0 Å². The van der Waals surface area contributed by atoms with Gasteiger partial charge < -0.3 is 4.90 Å². The summed E-state index contributed by atoms with van der Waals surface area (Å²) in [5.74, 6) is -2.10. The molecule has 0 bridgehead atoms. The van der Waals surface area contributed by atoms with Gasteiger partial charge in [-0.15, -0.1) is 0 Å². The van der Waals surface area contributed by atoms with Crippen molar-refractivity contribution >= 4 is 11.7 Å². The van der Waals surface area contributed by atoms with Gasteiger partial charge in [0.25, 0.3) is 0 Å². The predicted molar refractivity (Wildman–Crippen MR) is 74.9 cm³/mol. The number of carbonyl (C=O) groups excluding carboxylic acids is 2. The summed E-state index contributed by atoms with van der Waals surface area (Å²) in [4.78, 5) is 25.6. The van der Waals surface area contributed by atoms with Crippen molar-refractivity contribution in [3.8, 4) is 0 Å². The van der Waals surface area contributed by atoms with E-state index in [1.165, 1.54) is 4.90 Å². The molecule has 1 aromatic carbocycles. The van der Waals surface area contributed by atoms with Crippen LogP contribution >= 0.6 is 0 Å². The number of hydrogen-bond donors (Lipinski definition) is 0. The average Bonchev–Trinajstić information content (AvgIpc) is 2.54. The van der Waals surface area contributed by atoms with E-state index in [1.807, 2.05) is 0 Å². The highest BCUT2D eigenvalue weighted by molar-refractivity contribution is 5.99. The van der Waals surface area contributed by atoms with Gasteiger partial charge in [-0.1, -0.05) is 13.8 Å². The third-order valence-corrected chi connectivity index (χ3v) is 3.99. The van der Waals surface area contributed by atoms with E-state index in [2.05, 4.69) is 13.8 Å². The Kier molecular flexibility index (Phi) is 4.40. The SMILES string of the molecule is CC1(C)CCC(=O)N(CC(=O)c2cc(F)ccc2F)CC1. The number of benzene rings is 1. The predicted octanol–water partition coefficient (Wildman–Crippen LogP) is 3.19. The molecular weight excluding hydrogens is 276 g/mol. The second kappa shape index (κ2) is 5.92. The van der Waals surface area contributed by atoms with E-state index in [4.69, 9.17) is 0 Å². The fourth-order valence-corrected chi connectivity index (χ4v) is 2.43. The van der Waals surface area contributed by atoms with Crippen molar-refractivity contribution in [2.75, 3.05) is 13.1 Å². The van der Waals surface area contributed by atoms with Crippen LogP contribution in [0.2, 0.25) is 0 Å². The highest BCUT2D eigenvalue weighted by atomic mass is 19.1. The molecule has 21 heavy (non-hydrogen) atoms. The number of ketones is 1. The molecule has 0 unspecified atom stereocenters. The van der Waals surface area contributed by atoms with Crippen LogP contribution in [0.1, 0.15) is 43.5 Å². The summed E-state index contributed by atoms with van der Waals surface area (Å²) in [5, 5.41) is 0. The number of likely N-dealkylation sites (tertiary alicyclic amines) is 1. The summed E-state index contributed by atoms with van der Waals surface area (Å²) in [5.41, 5.74) is -0.247. The molecule has 0 atom stereocenters. The van der Waals surface area contributed by atoms with Crippen molar-refractivity contribution in [3.05, 3.63) is 35.4 Å². The van der Waals surface area contributed by atoms with Crippen molar-refractivity contribution in [1.29, 1.82) is 0 Å². The number of amides is 1. The van der Waals surface area contributed by atoms with Crippen LogP contribution in [-0.4, -0.2) is 29.7 Å². The average molecular weight is 295 g/mol. The number of nitrogens with zero attached hydrogens (tertiary/aromatic N) is 1. The molecule has 1 aromatic rings. The molecule has 1 amide bonds. The van der Waals surface area contributed by atoms with Crippen molar-refractivity contribution in [2.24, 2.45) is 5.41 Å². The highest BCUT2D eigenvalue weighted by Crippen LogP contribution is 2.30. The Balaban J connectivity index is 2.11. The smallest absolute Gasteiger partial charge is 0.222 e. The van der Waals surface area contributed by atoms with Gasteiger partial charge in [-0.25, -0.2) is 8.78 Å². The van der Waals surface area contributed by atoms with Crippen LogP contribution < -0.4 is 0 Å². The summed E-state index contributed by atoms with van der Waals surface area (Å²) < 4.78 is 26.7. The molecule has 1 heterocycles. The molecule has 2 rings (SSSR count). The quantitative estimate of drug-likeness (QED) is 0.803. The van der Waals surface area contributed by atoms with E-state index >= 15 is 0 Å².